The Hall–Kier alpha value is -0.890. The molecule has 282 valence electrons. The molecule has 0 rings (SSSR count). The van der Waals surface area contributed by atoms with Gasteiger partial charge in [-0.25, -0.2) is 0 Å². The van der Waals surface area contributed by atoms with Crippen molar-refractivity contribution in [3.05, 3.63) is 36.5 Å². The number of unbranched alkanes of at least 4 members (excludes halogenated alkanes) is 21. The molecule has 0 amide bonds. The molecule has 48 heavy (non-hydrogen) atoms. The summed E-state index contributed by atoms with van der Waals surface area (Å²) in [4.78, 5) is 0. The van der Waals surface area contributed by atoms with E-state index in [0.29, 0.717) is 12.5 Å². The summed E-state index contributed by atoms with van der Waals surface area (Å²) in [6.45, 7) is 6.85. The van der Waals surface area contributed by atoms with Crippen molar-refractivity contribution in [3.8, 4) is 0 Å². The average molecular weight is 710 g/mol. The van der Waals surface area contributed by atoms with Gasteiger partial charge in [-0.3, -0.25) is 5.41 Å². The second-order valence-electron chi connectivity index (χ2n) is 13.2. The van der Waals surface area contributed by atoms with Crippen LogP contribution in [0.3, 0.4) is 0 Å². The minimum absolute atomic E-state index is 0.0208. The summed E-state index contributed by atoms with van der Waals surface area (Å²) in [5.74, 6) is 1.54. The zero-order valence-electron chi connectivity index (χ0n) is 31.7. The monoisotopic (exact) mass is 710 g/mol. The van der Waals surface area contributed by atoms with Gasteiger partial charge in [-0.2, -0.15) is 0 Å². The molecule has 0 aliphatic carbocycles. The van der Waals surface area contributed by atoms with Crippen molar-refractivity contribution in [2.75, 3.05) is 31.5 Å². The van der Waals surface area contributed by atoms with E-state index >= 15 is 0 Å². The molecule has 0 aliphatic rings. The van der Waals surface area contributed by atoms with E-state index in [1.165, 1.54) is 148 Å². The topological polar surface area (TPSA) is 80.4 Å². The third-order valence-corrected chi connectivity index (χ3v) is 10.7. The molecular weight excluding hydrogens is 631 g/mol. The van der Waals surface area contributed by atoms with Gasteiger partial charge >= 0.3 is 0 Å². The van der Waals surface area contributed by atoms with Crippen LogP contribution in [0.25, 0.3) is 0 Å². The molecule has 0 aromatic carbocycles. The molecule has 0 heterocycles. The second kappa shape index (κ2) is 42.3. The van der Waals surface area contributed by atoms with Gasteiger partial charge in [-0.1, -0.05) is 168 Å². The van der Waals surface area contributed by atoms with Crippen LogP contribution in [-0.2, 0) is 9.47 Å². The quantitative estimate of drug-likeness (QED) is 0.0147. The summed E-state index contributed by atoms with van der Waals surface area (Å²) in [6.07, 6.45) is 48.0. The zero-order chi connectivity index (χ0) is 34.9. The van der Waals surface area contributed by atoms with Gasteiger partial charge in [0.1, 0.15) is 0 Å². The summed E-state index contributed by atoms with van der Waals surface area (Å²) in [5.41, 5.74) is 5.39. The number of hydrogen-bond donors (Lipinski definition) is 3. The van der Waals surface area contributed by atoms with E-state index in [2.05, 4.69) is 55.6 Å². The lowest BCUT2D eigenvalue weighted by Crippen LogP contribution is -2.29. The van der Waals surface area contributed by atoms with Gasteiger partial charge in [0.05, 0.1) is 18.6 Å². The summed E-state index contributed by atoms with van der Waals surface area (Å²) >= 11 is 0. The predicted molar refractivity (Wildman–Crippen MR) is 219 cm³/mol. The van der Waals surface area contributed by atoms with Crippen LogP contribution in [0.5, 0.6) is 0 Å². The fourth-order valence-corrected chi connectivity index (χ4v) is 7.33. The molecule has 1 unspecified atom stereocenters. The van der Waals surface area contributed by atoms with Gasteiger partial charge in [0, 0.05) is 19.0 Å². The van der Waals surface area contributed by atoms with Crippen LogP contribution in [0.4, 0.5) is 0 Å². The van der Waals surface area contributed by atoms with Crippen molar-refractivity contribution < 1.29 is 9.47 Å². The normalized spacial score (nSPS) is 12.6. The van der Waals surface area contributed by atoms with Gasteiger partial charge in [0.25, 0.3) is 0 Å². The molecule has 0 aromatic heterocycles. The van der Waals surface area contributed by atoms with Crippen LogP contribution in [-0.4, -0.2) is 43.5 Å². The molecule has 0 aliphatic heterocycles. The van der Waals surface area contributed by atoms with E-state index in [-0.39, 0.29) is 12.1 Å². The SMILES string of the molecule is CCCCC/C=C\C/C=C\CCCCCCCCOCC(CSSCNC(=N)N)OCCCCCCCC/C=C\CCCCCCCC. The first kappa shape index (κ1) is 47.1. The van der Waals surface area contributed by atoms with Crippen molar-refractivity contribution in [1.29, 1.82) is 5.41 Å². The molecule has 4 N–H and O–H groups in total. The average Bonchev–Trinajstić information content (AvgIpc) is 3.08. The highest BCUT2D eigenvalue weighted by Gasteiger charge is 2.10. The number of rotatable bonds is 39. The number of ether oxygens (including phenoxy) is 2. The predicted octanol–water partition coefficient (Wildman–Crippen LogP) is 13.1. The maximum absolute atomic E-state index is 7.30. The molecule has 0 fully saturated rings. The highest BCUT2D eigenvalue weighted by molar-refractivity contribution is 8.76. The van der Waals surface area contributed by atoms with Gasteiger partial charge in [-0.15, -0.1) is 0 Å². The van der Waals surface area contributed by atoms with E-state index in [1.807, 2.05) is 0 Å². The highest BCUT2D eigenvalue weighted by atomic mass is 33.1. The van der Waals surface area contributed by atoms with Crippen molar-refractivity contribution in [3.63, 3.8) is 0 Å². The van der Waals surface area contributed by atoms with Gasteiger partial charge in [-0.05, 0) is 70.6 Å². The molecule has 0 bridgehead atoms. The van der Waals surface area contributed by atoms with Crippen molar-refractivity contribution in [2.24, 2.45) is 5.73 Å². The lowest BCUT2D eigenvalue weighted by molar-refractivity contribution is -0.00609. The van der Waals surface area contributed by atoms with Gasteiger partial charge in [0.2, 0.25) is 0 Å². The summed E-state index contributed by atoms with van der Waals surface area (Å²) in [6, 6.07) is 0. The minimum Gasteiger partial charge on any atom is -0.379 e. The van der Waals surface area contributed by atoms with E-state index < -0.39 is 0 Å². The zero-order valence-corrected chi connectivity index (χ0v) is 33.3. The second-order valence-corrected chi connectivity index (χ2v) is 15.7. The van der Waals surface area contributed by atoms with Crippen molar-refractivity contribution in [1.82, 2.24) is 5.32 Å². The van der Waals surface area contributed by atoms with E-state index in [1.54, 1.807) is 21.6 Å². The molecule has 5 nitrogen and oxygen atoms in total. The number of allylic oxidation sites excluding steroid dienone is 6. The molecule has 0 radical (unpaired) electrons. The van der Waals surface area contributed by atoms with Crippen LogP contribution in [0.2, 0.25) is 0 Å². The summed E-state index contributed by atoms with van der Waals surface area (Å²) < 4.78 is 12.3. The van der Waals surface area contributed by atoms with E-state index in [9.17, 15) is 0 Å². The van der Waals surface area contributed by atoms with E-state index in [0.717, 1.165) is 38.2 Å². The van der Waals surface area contributed by atoms with Crippen molar-refractivity contribution >= 4 is 27.5 Å². The minimum atomic E-state index is 0.0208. The standard InChI is InChI=1S/C41H79N3O2S2/c1-3-5-7-9-11-13-15-17-19-21-23-25-27-29-31-33-35-45-37-40(38-47-48-39-44-41(42)43)46-36-34-32-30-28-26-24-22-20-18-16-14-12-10-8-6-4-2/h11,13,17-20,40H,3-10,12,14-16,21-39H2,1-2H3,(H4,42,43,44)/b13-11-,19-17-,20-18-. The molecule has 0 spiro atoms. The number of hydrogen-bond acceptors (Lipinski definition) is 5. The summed E-state index contributed by atoms with van der Waals surface area (Å²) in [5, 5.41) is 10.2. The summed E-state index contributed by atoms with van der Waals surface area (Å²) in [7, 11) is 3.44. The van der Waals surface area contributed by atoms with Crippen LogP contribution in [0.1, 0.15) is 181 Å². The maximum atomic E-state index is 7.30. The van der Waals surface area contributed by atoms with Crippen LogP contribution < -0.4 is 11.1 Å². The number of nitrogens with one attached hydrogen (secondary N) is 2. The van der Waals surface area contributed by atoms with Gasteiger partial charge in [0.15, 0.2) is 5.96 Å². The Morgan fingerprint density at radius 1 is 0.583 bits per heavy atom. The Morgan fingerprint density at radius 3 is 1.56 bits per heavy atom. The van der Waals surface area contributed by atoms with Gasteiger partial charge < -0.3 is 20.5 Å². The molecular formula is C41H79N3O2S2. The fourth-order valence-electron chi connectivity index (χ4n) is 5.42. The largest absolute Gasteiger partial charge is 0.379 e. The van der Waals surface area contributed by atoms with Crippen LogP contribution >= 0.6 is 21.6 Å². The first-order valence-electron chi connectivity index (χ1n) is 20.2. The number of nitrogens with two attached hydrogens (primary N) is 1. The highest BCUT2D eigenvalue weighted by Crippen LogP contribution is 2.22. The molecule has 1 atom stereocenters. The molecule has 0 saturated heterocycles. The van der Waals surface area contributed by atoms with Crippen LogP contribution in [0, 0.1) is 5.41 Å². The maximum Gasteiger partial charge on any atom is 0.186 e. The first-order valence-corrected chi connectivity index (χ1v) is 22.7. The fraction of sp³-hybridized carbons (Fsp3) is 0.829. The smallest absolute Gasteiger partial charge is 0.186 e. The Labute approximate surface area is 307 Å². The lowest BCUT2D eigenvalue weighted by atomic mass is 10.1. The first-order chi connectivity index (χ1) is 23.7. The molecule has 0 aromatic rings. The number of guanidine groups is 1. The Kier molecular flexibility index (Phi) is 41.5. The van der Waals surface area contributed by atoms with Crippen LogP contribution in [0.15, 0.2) is 36.5 Å². The molecule has 0 saturated carbocycles. The lowest BCUT2D eigenvalue weighted by Gasteiger charge is -2.18. The Morgan fingerprint density at radius 2 is 1.02 bits per heavy atom. The Balaban J connectivity index is 3.82. The van der Waals surface area contributed by atoms with E-state index in [4.69, 9.17) is 20.6 Å². The van der Waals surface area contributed by atoms with Crippen molar-refractivity contribution in [2.45, 2.75) is 187 Å². The third kappa shape index (κ3) is 41.3. The third-order valence-electron chi connectivity index (χ3n) is 8.46. The Bertz CT molecular complexity index is 732. The molecule has 7 heteroatoms.